The standard InChI is InChI=1S/C15H20BrNO/c1-15(8-10-3-2-4-10)9-13(17)12-6-5-11(16)7-14(12)18-15/h5-7,10,13H,2-4,8-9,17H2,1H3. The third kappa shape index (κ3) is 2.30. The summed E-state index contributed by atoms with van der Waals surface area (Å²) in [4.78, 5) is 0. The van der Waals surface area contributed by atoms with E-state index in [2.05, 4.69) is 28.9 Å². The van der Waals surface area contributed by atoms with E-state index in [1.165, 1.54) is 19.3 Å². The number of ether oxygens (including phenoxy) is 1. The topological polar surface area (TPSA) is 35.2 Å². The van der Waals surface area contributed by atoms with Crippen LogP contribution in [-0.4, -0.2) is 5.60 Å². The van der Waals surface area contributed by atoms with Gasteiger partial charge in [-0.1, -0.05) is 41.3 Å². The summed E-state index contributed by atoms with van der Waals surface area (Å²) in [6, 6.07) is 6.27. The van der Waals surface area contributed by atoms with Gasteiger partial charge in [0, 0.05) is 22.5 Å². The highest BCUT2D eigenvalue weighted by Crippen LogP contribution is 2.44. The van der Waals surface area contributed by atoms with Gasteiger partial charge in [0.1, 0.15) is 11.4 Å². The van der Waals surface area contributed by atoms with E-state index in [4.69, 9.17) is 10.5 Å². The molecule has 2 unspecified atom stereocenters. The molecule has 2 nitrogen and oxygen atoms in total. The minimum Gasteiger partial charge on any atom is -0.487 e. The highest BCUT2D eigenvalue weighted by molar-refractivity contribution is 9.10. The van der Waals surface area contributed by atoms with Crippen molar-refractivity contribution < 1.29 is 4.74 Å². The fourth-order valence-electron chi connectivity index (χ4n) is 3.22. The van der Waals surface area contributed by atoms with E-state index in [0.29, 0.717) is 0 Å². The monoisotopic (exact) mass is 309 g/mol. The summed E-state index contributed by atoms with van der Waals surface area (Å²) in [5, 5.41) is 0. The third-order valence-corrected chi connectivity index (χ3v) is 4.82. The van der Waals surface area contributed by atoms with E-state index in [9.17, 15) is 0 Å². The van der Waals surface area contributed by atoms with Crippen LogP contribution in [0.25, 0.3) is 0 Å². The van der Waals surface area contributed by atoms with Crippen LogP contribution in [0, 0.1) is 5.92 Å². The molecule has 0 radical (unpaired) electrons. The van der Waals surface area contributed by atoms with E-state index < -0.39 is 0 Å². The molecule has 2 atom stereocenters. The summed E-state index contributed by atoms with van der Waals surface area (Å²) < 4.78 is 7.32. The number of fused-ring (bicyclic) bond motifs is 1. The summed E-state index contributed by atoms with van der Waals surface area (Å²) in [6.45, 7) is 2.22. The highest BCUT2D eigenvalue weighted by Gasteiger charge is 2.38. The lowest BCUT2D eigenvalue weighted by atomic mass is 9.74. The number of nitrogens with two attached hydrogens (primary N) is 1. The summed E-state index contributed by atoms with van der Waals surface area (Å²) in [6.07, 6.45) is 6.18. The molecule has 1 aromatic carbocycles. The first-order chi connectivity index (χ1) is 8.56. The maximum Gasteiger partial charge on any atom is 0.126 e. The number of hydrogen-bond acceptors (Lipinski definition) is 2. The molecule has 0 spiro atoms. The number of rotatable bonds is 2. The first-order valence-electron chi connectivity index (χ1n) is 6.80. The molecule has 3 heteroatoms. The molecule has 1 aromatic rings. The van der Waals surface area contributed by atoms with E-state index in [1.807, 2.05) is 12.1 Å². The molecule has 2 N–H and O–H groups in total. The van der Waals surface area contributed by atoms with Gasteiger partial charge in [0.15, 0.2) is 0 Å². The zero-order valence-electron chi connectivity index (χ0n) is 10.8. The zero-order chi connectivity index (χ0) is 12.8. The second-order valence-corrected chi connectivity index (χ2v) is 6.96. The Hall–Kier alpha value is -0.540. The Kier molecular flexibility index (Phi) is 3.15. The maximum atomic E-state index is 6.31. The lowest BCUT2D eigenvalue weighted by Crippen LogP contribution is -2.42. The van der Waals surface area contributed by atoms with Crippen molar-refractivity contribution in [2.45, 2.75) is 50.7 Å². The van der Waals surface area contributed by atoms with Crippen molar-refractivity contribution in [1.29, 1.82) is 0 Å². The molecule has 1 saturated carbocycles. The van der Waals surface area contributed by atoms with E-state index in [1.54, 1.807) is 0 Å². The van der Waals surface area contributed by atoms with Crippen LogP contribution in [0.4, 0.5) is 0 Å². The molecule has 18 heavy (non-hydrogen) atoms. The van der Waals surface area contributed by atoms with E-state index in [0.717, 1.165) is 34.5 Å². The molecule has 1 heterocycles. The normalized spacial score (nSPS) is 31.4. The van der Waals surface area contributed by atoms with Gasteiger partial charge in [-0.15, -0.1) is 0 Å². The van der Waals surface area contributed by atoms with Crippen molar-refractivity contribution in [2.24, 2.45) is 11.7 Å². The first kappa shape index (κ1) is 12.5. The van der Waals surface area contributed by atoms with Crippen LogP contribution in [-0.2, 0) is 0 Å². The molecule has 2 aliphatic rings. The summed E-state index contributed by atoms with van der Waals surface area (Å²) in [7, 11) is 0. The average Bonchev–Trinajstić information content (AvgIpc) is 2.23. The Labute approximate surface area is 117 Å². The summed E-state index contributed by atoms with van der Waals surface area (Å²) in [5.41, 5.74) is 7.37. The van der Waals surface area contributed by atoms with Crippen LogP contribution in [0.5, 0.6) is 5.75 Å². The molecular weight excluding hydrogens is 290 g/mol. The molecule has 1 aliphatic heterocycles. The van der Waals surface area contributed by atoms with Crippen LogP contribution in [0.15, 0.2) is 22.7 Å². The first-order valence-corrected chi connectivity index (χ1v) is 7.59. The Balaban J connectivity index is 1.84. The summed E-state index contributed by atoms with van der Waals surface area (Å²) in [5.74, 6) is 1.81. The van der Waals surface area contributed by atoms with Crippen molar-refractivity contribution in [3.63, 3.8) is 0 Å². The predicted octanol–water partition coefficient (Wildman–Crippen LogP) is 4.18. The fraction of sp³-hybridized carbons (Fsp3) is 0.600. The fourth-order valence-corrected chi connectivity index (χ4v) is 3.56. The van der Waals surface area contributed by atoms with Crippen LogP contribution in [0.2, 0.25) is 0 Å². The van der Waals surface area contributed by atoms with Crippen molar-refractivity contribution >= 4 is 15.9 Å². The van der Waals surface area contributed by atoms with Crippen LogP contribution in [0.3, 0.4) is 0 Å². The largest absolute Gasteiger partial charge is 0.487 e. The average molecular weight is 310 g/mol. The second-order valence-electron chi connectivity index (χ2n) is 6.05. The van der Waals surface area contributed by atoms with Gasteiger partial charge >= 0.3 is 0 Å². The van der Waals surface area contributed by atoms with E-state index >= 15 is 0 Å². The maximum absolute atomic E-state index is 6.31. The van der Waals surface area contributed by atoms with Gasteiger partial charge in [-0.25, -0.2) is 0 Å². The van der Waals surface area contributed by atoms with Crippen molar-refractivity contribution in [3.8, 4) is 5.75 Å². The zero-order valence-corrected chi connectivity index (χ0v) is 12.4. The lowest BCUT2D eigenvalue weighted by molar-refractivity contribution is 0.0171. The molecule has 1 aliphatic carbocycles. The summed E-state index contributed by atoms with van der Waals surface area (Å²) >= 11 is 3.50. The molecule has 98 valence electrons. The van der Waals surface area contributed by atoms with Crippen LogP contribution in [0.1, 0.15) is 50.6 Å². The molecule has 0 bridgehead atoms. The van der Waals surface area contributed by atoms with Gasteiger partial charge in [0.05, 0.1) is 0 Å². The molecule has 0 amide bonds. The third-order valence-electron chi connectivity index (χ3n) is 4.33. The molecule has 0 aromatic heterocycles. The molecule has 0 saturated heterocycles. The van der Waals surface area contributed by atoms with Crippen molar-refractivity contribution in [1.82, 2.24) is 0 Å². The van der Waals surface area contributed by atoms with Crippen molar-refractivity contribution in [2.75, 3.05) is 0 Å². The van der Waals surface area contributed by atoms with Gasteiger partial charge in [0.2, 0.25) is 0 Å². The Morgan fingerprint density at radius 1 is 1.44 bits per heavy atom. The minimum atomic E-state index is -0.0850. The van der Waals surface area contributed by atoms with Crippen LogP contribution >= 0.6 is 15.9 Å². The lowest BCUT2D eigenvalue weighted by Gasteiger charge is -2.42. The van der Waals surface area contributed by atoms with Gasteiger partial charge in [-0.3, -0.25) is 0 Å². The molecular formula is C15H20BrNO. The molecule has 1 fully saturated rings. The van der Waals surface area contributed by atoms with Gasteiger partial charge < -0.3 is 10.5 Å². The Bertz CT molecular complexity index is 458. The SMILES string of the molecule is CC1(CC2CCC2)CC(N)c2ccc(Br)cc2O1. The second kappa shape index (κ2) is 4.53. The van der Waals surface area contributed by atoms with Crippen molar-refractivity contribution in [3.05, 3.63) is 28.2 Å². The number of benzene rings is 1. The smallest absolute Gasteiger partial charge is 0.126 e. The quantitative estimate of drug-likeness (QED) is 0.889. The highest BCUT2D eigenvalue weighted by atomic mass is 79.9. The number of halogens is 1. The predicted molar refractivity (Wildman–Crippen MR) is 76.7 cm³/mol. The van der Waals surface area contributed by atoms with Gasteiger partial charge in [0.25, 0.3) is 0 Å². The minimum absolute atomic E-state index is 0.0850. The molecule has 3 rings (SSSR count). The van der Waals surface area contributed by atoms with E-state index in [-0.39, 0.29) is 11.6 Å². The van der Waals surface area contributed by atoms with Gasteiger partial charge in [-0.05, 0) is 31.4 Å². The van der Waals surface area contributed by atoms with Gasteiger partial charge in [-0.2, -0.15) is 0 Å². The number of hydrogen-bond donors (Lipinski definition) is 1. The van der Waals surface area contributed by atoms with Crippen LogP contribution < -0.4 is 10.5 Å². The Morgan fingerprint density at radius 2 is 2.22 bits per heavy atom. The Morgan fingerprint density at radius 3 is 2.89 bits per heavy atom.